The van der Waals surface area contributed by atoms with Crippen molar-refractivity contribution >= 4 is 17.8 Å². The fourth-order valence-corrected chi connectivity index (χ4v) is 0.789. The molecule has 0 spiro atoms. The van der Waals surface area contributed by atoms with Crippen molar-refractivity contribution in [3.63, 3.8) is 0 Å². The lowest BCUT2D eigenvalue weighted by molar-refractivity contribution is -0.138. The molecule has 0 aliphatic carbocycles. The number of aliphatic carboxylic acids is 1. The average molecular weight is 216 g/mol. The van der Waals surface area contributed by atoms with Gasteiger partial charge in [-0.05, 0) is 13.3 Å². The van der Waals surface area contributed by atoms with Crippen LogP contribution >= 0.6 is 0 Å². The number of hydrogen-bond donors (Lipinski definition) is 3. The molecule has 0 aliphatic heterocycles. The van der Waals surface area contributed by atoms with Crippen LogP contribution < -0.4 is 16.8 Å². The normalized spacial score (nSPS) is 14.0. The van der Waals surface area contributed by atoms with Gasteiger partial charge >= 0.3 is 5.97 Å². The van der Waals surface area contributed by atoms with Gasteiger partial charge in [0.1, 0.15) is 12.1 Å². The number of carbonyl (C=O) groups is 3. The summed E-state index contributed by atoms with van der Waals surface area (Å²) in [7, 11) is 0. The summed E-state index contributed by atoms with van der Waals surface area (Å²) in [5.74, 6) is -2.56. The summed E-state index contributed by atoms with van der Waals surface area (Å²) in [6.07, 6.45) is -0.0782. The van der Waals surface area contributed by atoms with Crippen molar-refractivity contribution in [1.82, 2.24) is 11.1 Å². The molecule has 7 heteroatoms. The molecule has 0 rings (SSSR count). The number of rotatable bonds is 6. The van der Waals surface area contributed by atoms with Gasteiger partial charge in [0.05, 0.1) is 0 Å². The topological polar surface area (TPSA) is 133 Å². The SMILES string of the molecule is C[C@@H](NC(=O)CC[C@@H](N)C(=O)O)C([NH])=O. The number of carbonyl (C=O) groups excluding carboxylic acids is 2. The number of carboxylic acids is 1. The van der Waals surface area contributed by atoms with Crippen molar-refractivity contribution in [3.8, 4) is 0 Å². The van der Waals surface area contributed by atoms with Crippen LogP contribution in [0.25, 0.3) is 0 Å². The summed E-state index contributed by atoms with van der Waals surface area (Å²) < 4.78 is 0. The van der Waals surface area contributed by atoms with Crippen LogP contribution in [0.2, 0.25) is 0 Å². The Morgan fingerprint density at radius 1 is 1.47 bits per heavy atom. The lowest BCUT2D eigenvalue weighted by Crippen LogP contribution is -2.40. The number of hydrogen-bond acceptors (Lipinski definition) is 4. The Labute approximate surface area is 86.8 Å². The highest BCUT2D eigenvalue weighted by molar-refractivity contribution is 5.86. The minimum absolute atomic E-state index is 0.0000765. The van der Waals surface area contributed by atoms with Gasteiger partial charge in [-0.3, -0.25) is 20.1 Å². The first-order valence-electron chi connectivity index (χ1n) is 4.37. The van der Waals surface area contributed by atoms with Gasteiger partial charge in [-0.2, -0.15) is 0 Å². The largest absolute Gasteiger partial charge is 0.480 e. The first-order valence-corrected chi connectivity index (χ1v) is 4.37. The summed E-state index contributed by atoms with van der Waals surface area (Å²) in [6.45, 7) is 1.38. The molecule has 7 nitrogen and oxygen atoms in total. The fourth-order valence-electron chi connectivity index (χ4n) is 0.789. The third-order valence-corrected chi connectivity index (χ3v) is 1.77. The molecule has 2 amide bonds. The van der Waals surface area contributed by atoms with Crippen LogP contribution in [-0.2, 0) is 14.4 Å². The van der Waals surface area contributed by atoms with E-state index in [2.05, 4.69) is 5.32 Å². The van der Waals surface area contributed by atoms with Crippen molar-refractivity contribution in [2.45, 2.75) is 31.8 Å². The van der Waals surface area contributed by atoms with Crippen LogP contribution in [0.3, 0.4) is 0 Å². The molecule has 2 atom stereocenters. The second kappa shape index (κ2) is 5.97. The van der Waals surface area contributed by atoms with Crippen molar-refractivity contribution in [3.05, 3.63) is 0 Å². The molecule has 85 valence electrons. The molecule has 0 aromatic heterocycles. The molecule has 1 radical (unpaired) electrons. The van der Waals surface area contributed by atoms with E-state index in [1.165, 1.54) is 6.92 Å². The predicted octanol–water partition coefficient (Wildman–Crippen LogP) is -1.51. The van der Waals surface area contributed by atoms with Crippen LogP contribution in [-0.4, -0.2) is 35.0 Å². The summed E-state index contributed by atoms with van der Waals surface area (Å²) >= 11 is 0. The van der Waals surface area contributed by atoms with Crippen LogP contribution in [0, 0.1) is 0 Å². The summed E-state index contributed by atoms with van der Waals surface area (Å²) in [5.41, 5.74) is 11.9. The second-order valence-corrected chi connectivity index (χ2v) is 3.14. The zero-order valence-electron chi connectivity index (χ0n) is 8.32. The first kappa shape index (κ1) is 13.4. The van der Waals surface area contributed by atoms with E-state index in [9.17, 15) is 14.4 Å². The standard InChI is InChI=1S/C8H14N3O4/c1-4(7(10)13)11-6(12)3-2-5(9)8(14)15/h4-5,10H,2-3,9H2,1H3,(H,11,12)(H,14,15)/t4-,5-/m1/s1. The Morgan fingerprint density at radius 3 is 2.40 bits per heavy atom. The maximum absolute atomic E-state index is 11.1. The van der Waals surface area contributed by atoms with Crippen LogP contribution in [0.1, 0.15) is 19.8 Å². The van der Waals surface area contributed by atoms with Crippen molar-refractivity contribution < 1.29 is 19.5 Å². The Balaban J connectivity index is 3.85. The Hall–Kier alpha value is -1.63. The predicted molar refractivity (Wildman–Crippen MR) is 50.6 cm³/mol. The number of carboxylic acid groups (broad SMARTS) is 1. The quantitative estimate of drug-likeness (QED) is 0.496. The molecule has 5 N–H and O–H groups in total. The minimum Gasteiger partial charge on any atom is -0.480 e. The molecule has 0 saturated carbocycles. The van der Waals surface area contributed by atoms with E-state index in [1.54, 1.807) is 0 Å². The molecule has 0 bridgehead atoms. The smallest absolute Gasteiger partial charge is 0.320 e. The van der Waals surface area contributed by atoms with Crippen molar-refractivity contribution in [2.24, 2.45) is 5.73 Å². The van der Waals surface area contributed by atoms with E-state index >= 15 is 0 Å². The zero-order valence-corrected chi connectivity index (χ0v) is 8.32. The van der Waals surface area contributed by atoms with Gasteiger partial charge in [-0.15, -0.1) is 0 Å². The Bertz CT molecular complexity index is 267. The first-order chi connectivity index (χ1) is 6.84. The van der Waals surface area contributed by atoms with Gasteiger partial charge in [0.25, 0.3) is 5.91 Å². The monoisotopic (exact) mass is 216 g/mol. The van der Waals surface area contributed by atoms with Crippen LogP contribution in [0.15, 0.2) is 0 Å². The molecular formula is C8H14N3O4. The highest BCUT2D eigenvalue weighted by Crippen LogP contribution is 1.95. The highest BCUT2D eigenvalue weighted by Gasteiger charge is 2.16. The fraction of sp³-hybridized carbons (Fsp3) is 0.625. The molecule has 0 unspecified atom stereocenters. The maximum atomic E-state index is 11.1. The lowest BCUT2D eigenvalue weighted by Gasteiger charge is -2.10. The van der Waals surface area contributed by atoms with Gasteiger partial charge in [-0.25, -0.2) is 0 Å². The van der Waals surface area contributed by atoms with Gasteiger partial charge in [0.2, 0.25) is 5.91 Å². The van der Waals surface area contributed by atoms with Crippen molar-refractivity contribution in [2.75, 3.05) is 0 Å². The third-order valence-electron chi connectivity index (χ3n) is 1.77. The van der Waals surface area contributed by atoms with Gasteiger partial charge in [-0.1, -0.05) is 0 Å². The van der Waals surface area contributed by atoms with Gasteiger partial charge in [0, 0.05) is 6.42 Å². The number of amides is 2. The molecule has 0 aliphatic rings. The van der Waals surface area contributed by atoms with Gasteiger partial charge in [0.15, 0.2) is 0 Å². The van der Waals surface area contributed by atoms with Crippen molar-refractivity contribution in [1.29, 1.82) is 0 Å². The highest BCUT2D eigenvalue weighted by atomic mass is 16.4. The molecule has 0 heterocycles. The van der Waals surface area contributed by atoms with Gasteiger partial charge < -0.3 is 16.2 Å². The lowest BCUT2D eigenvalue weighted by atomic mass is 10.1. The van der Waals surface area contributed by atoms with Crippen LogP contribution in [0.5, 0.6) is 0 Å². The zero-order chi connectivity index (χ0) is 12.0. The van der Waals surface area contributed by atoms with E-state index in [-0.39, 0.29) is 12.8 Å². The molecular weight excluding hydrogens is 202 g/mol. The van der Waals surface area contributed by atoms with Crippen LogP contribution in [0.4, 0.5) is 0 Å². The molecule has 15 heavy (non-hydrogen) atoms. The number of nitrogens with two attached hydrogens (primary N) is 1. The van der Waals surface area contributed by atoms with E-state index in [1.807, 2.05) is 0 Å². The third kappa shape index (κ3) is 5.63. The van der Waals surface area contributed by atoms with E-state index < -0.39 is 29.9 Å². The molecule has 0 aromatic carbocycles. The van der Waals surface area contributed by atoms with E-state index in [4.69, 9.17) is 16.6 Å². The van der Waals surface area contributed by atoms with E-state index in [0.29, 0.717) is 0 Å². The van der Waals surface area contributed by atoms with E-state index in [0.717, 1.165) is 0 Å². The molecule has 0 aromatic rings. The Morgan fingerprint density at radius 2 is 2.00 bits per heavy atom. The maximum Gasteiger partial charge on any atom is 0.320 e. The minimum atomic E-state index is -1.17. The molecule has 0 saturated heterocycles. The summed E-state index contributed by atoms with van der Waals surface area (Å²) in [6, 6.07) is -1.96. The summed E-state index contributed by atoms with van der Waals surface area (Å²) in [4.78, 5) is 31.8. The molecule has 0 fully saturated rings. The Kier molecular flexibility index (Phi) is 5.32. The number of nitrogens with one attached hydrogen (secondary N) is 2. The second-order valence-electron chi connectivity index (χ2n) is 3.14. The summed E-state index contributed by atoms with van der Waals surface area (Å²) in [5, 5.41) is 10.7. The average Bonchev–Trinajstić information content (AvgIpc) is 2.13.